The van der Waals surface area contributed by atoms with Crippen LogP contribution in [0.3, 0.4) is 0 Å². The fourth-order valence-corrected chi connectivity index (χ4v) is 3.60. The Kier molecular flexibility index (Phi) is 4.68. The van der Waals surface area contributed by atoms with Crippen molar-refractivity contribution >= 4 is 11.9 Å². The summed E-state index contributed by atoms with van der Waals surface area (Å²) in [6.07, 6.45) is 6.06. The number of amides is 1. The zero-order valence-electron chi connectivity index (χ0n) is 12.2. The van der Waals surface area contributed by atoms with Crippen molar-refractivity contribution in [1.29, 1.82) is 0 Å². The van der Waals surface area contributed by atoms with Crippen LogP contribution in [-0.4, -0.2) is 29.6 Å². The summed E-state index contributed by atoms with van der Waals surface area (Å²) in [6, 6.07) is -0.222. The molecule has 2 atom stereocenters. The monoisotopic (exact) mass is 282 g/mol. The van der Waals surface area contributed by atoms with Crippen LogP contribution in [0.25, 0.3) is 0 Å². The third-order valence-electron chi connectivity index (χ3n) is 5.31. The number of nitrogens with two attached hydrogens (primary N) is 1. The van der Waals surface area contributed by atoms with Crippen LogP contribution in [0.1, 0.15) is 51.9 Å². The largest absolute Gasteiger partial charge is 0.481 e. The third kappa shape index (κ3) is 2.97. The maximum absolute atomic E-state index is 12.3. The van der Waals surface area contributed by atoms with E-state index in [2.05, 4.69) is 5.32 Å². The number of carboxylic acid groups (broad SMARTS) is 1. The highest BCUT2D eigenvalue weighted by atomic mass is 16.4. The van der Waals surface area contributed by atoms with Crippen LogP contribution >= 0.6 is 0 Å². The van der Waals surface area contributed by atoms with Crippen molar-refractivity contribution in [3.05, 3.63) is 0 Å². The molecule has 2 aliphatic carbocycles. The van der Waals surface area contributed by atoms with Gasteiger partial charge >= 0.3 is 5.97 Å². The molecule has 0 bridgehead atoms. The molecule has 0 aromatic rings. The van der Waals surface area contributed by atoms with Gasteiger partial charge in [-0.3, -0.25) is 9.59 Å². The lowest BCUT2D eigenvalue weighted by Crippen LogP contribution is -2.49. The van der Waals surface area contributed by atoms with E-state index in [0.717, 1.165) is 38.5 Å². The molecule has 2 aliphatic rings. The fraction of sp³-hybridized carbons (Fsp3) is 0.867. The molecule has 0 radical (unpaired) electrons. The average Bonchev–Trinajstić information content (AvgIpc) is 2.81. The molecule has 0 aromatic heterocycles. The van der Waals surface area contributed by atoms with Crippen LogP contribution in [-0.2, 0) is 9.59 Å². The molecule has 5 nitrogen and oxygen atoms in total. The first kappa shape index (κ1) is 15.3. The van der Waals surface area contributed by atoms with Crippen LogP contribution in [0.4, 0.5) is 0 Å². The summed E-state index contributed by atoms with van der Waals surface area (Å²) in [7, 11) is 0. The van der Waals surface area contributed by atoms with E-state index in [4.69, 9.17) is 5.73 Å². The van der Waals surface area contributed by atoms with Gasteiger partial charge in [-0.1, -0.05) is 6.42 Å². The molecule has 0 heterocycles. The first-order valence-corrected chi connectivity index (χ1v) is 7.71. The molecule has 0 saturated heterocycles. The van der Waals surface area contributed by atoms with Crippen molar-refractivity contribution in [3.8, 4) is 0 Å². The standard InChI is InChI=1S/C15H26N2O3/c1-15(14(19)20)8-2-3-12(15)17-13(18)11-6-4-10(9-16)5-7-11/h10-12H,2-9,16H2,1H3,(H,17,18)(H,19,20). The van der Waals surface area contributed by atoms with Crippen molar-refractivity contribution < 1.29 is 14.7 Å². The molecule has 114 valence electrons. The molecule has 2 fully saturated rings. The zero-order valence-corrected chi connectivity index (χ0v) is 12.2. The molecule has 1 amide bonds. The number of carbonyl (C=O) groups excluding carboxylic acids is 1. The van der Waals surface area contributed by atoms with Crippen LogP contribution in [0.2, 0.25) is 0 Å². The highest BCUT2D eigenvalue weighted by Crippen LogP contribution is 2.38. The predicted octanol–water partition coefficient (Wildman–Crippen LogP) is 1.51. The number of nitrogens with one attached hydrogen (secondary N) is 1. The number of carboxylic acids is 1. The summed E-state index contributed by atoms with van der Waals surface area (Å²) in [4.78, 5) is 23.7. The third-order valence-corrected chi connectivity index (χ3v) is 5.31. The van der Waals surface area contributed by atoms with Gasteiger partial charge in [-0.05, 0) is 57.9 Å². The van der Waals surface area contributed by atoms with Crippen molar-refractivity contribution in [3.63, 3.8) is 0 Å². The highest BCUT2D eigenvalue weighted by Gasteiger charge is 2.46. The minimum Gasteiger partial charge on any atom is -0.481 e. The van der Waals surface area contributed by atoms with Crippen LogP contribution in [0.15, 0.2) is 0 Å². The zero-order chi connectivity index (χ0) is 14.8. The number of hydrogen-bond acceptors (Lipinski definition) is 3. The first-order chi connectivity index (χ1) is 9.47. The van der Waals surface area contributed by atoms with Gasteiger partial charge in [0.05, 0.1) is 5.41 Å². The van der Waals surface area contributed by atoms with Gasteiger partial charge in [-0.25, -0.2) is 0 Å². The summed E-state index contributed by atoms with van der Waals surface area (Å²) in [5.74, 6) is -0.168. The number of rotatable bonds is 4. The number of aliphatic carboxylic acids is 1. The highest BCUT2D eigenvalue weighted by molar-refractivity contribution is 5.81. The Morgan fingerprint density at radius 3 is 2.45 bits per heavy atom. The Morgan fingerprint density at radius 1 is 1.25 bits per heavy atom. The SMILES string of the molecule is CC1(C(=O)O)CCCC1NC(=O)C1CCC(CN)CC1. The van der Waals surface area contributed by atoms with E-state index >= 15 is 0 Å². The Hall–Kier alpha value is -1.10. The molecule has 20 heavy (non-hydrogen) atoms. The average molecular weight is 282 g/mol. The second-order valence-electron chi connectivity index (χ2n) is 6.63. The van der Waals surface area contributed by atoms with Crippen molar-refractivity contribution in [2.24, 2.45) is 23.0 Å². The fourth-order valence-electron chi connectivity index (χ4n) is 3.60. The minimum absolute atomic E-state index is 0.0384. The molecular formula is C15H26N2O3. The molecule has 0 aromatic carbocycles. The van der Waals surface area contributed by atoms with Crippen LogP contribution in [0, 0.1) is 17.3 Å². The van der Waals surface area contributed by atoms with Crippen LogP contribution < -0.4 is 11.1 Å². The van der Waals surface area contributed by atoms with E-state index in [1.807, 2.05) is 0 Å². The Balaban J connectivity index is 1.90. The number of carbonyl (C=O) groups is 2. The summed E-state index contributed by atoms with van der Waals surface area (Å²) < 4.78 is 0. The molecule has 0 spiro atoms. The van der Waals surface area contributed by atoms with Gasteiger partial charge in [-0.2, -0.15) is 0 Å². The van der Waals surface area contributed by atoms with E-state index in [1.165, 1.54) is 0 Å². The summed E-state index contributed by atoms with van der Waals surface area (Å²) in [5.41, 5.74) is 4.86. The van der Waals surface area contributed by atoms with Gasteiger partial charge < -0.3 is 16.2 Å². The lowest BCUT2D eigenvalue weighted by atomic mass is 9.80. The number of hydrogen-bond donors (Lipinski definition) is 3. The van der Waals surface area contributed by atoms with Gasteiger partial charge in [0, 0.05) is 12.0 Å². The second-order valence-corrected chi connectivity index (χ2v) is 6.63. The second kappa shape index (κ2) is 6.12. The summed E-state index contributed by atoms with van der Waals surface area (Å²) >= 11 is 0. The van der Waals surface area contributed by atoms with Gasteiger partial charge in [0.2, 0.25) is 5.91 Å². The summed E-state index contributed by atoms with van der Waals surface area (Å²) in [6.45, 7) is 2.45. The Labute approximate surface area is 120 Å². The Morgan fingerprint density at radius 2 is 1.90 bits per heavy atom. The normalized spacial score (nSPS) is 37.6. The smallest absolute Gasteiger partial charge is 0.311 e. The van der Waals surface area contributed by atoms with Gasteiger partial charge in [0.25, 0.3) is 0 Å². The van der Waals surface area contributed by atoms with Gasteiger partial charge in [0.1, 0.15) is 0 Å². The minimum atomic E-state index is -0.801. The predicted molar refractivity (Wildman–Crippen MR) is 76.0 cm³/mol. The van der Waals surface area contributed by atoms with Crippen LogP contribution in [0.5, 0.6) is 0 Å². The first-order valence-electron chi connectivity index (χ1n) is 7.71. The van der Waals surface area contributed by atoms with E-state index < -0.39 is 11.4 Å². The van der Waals surface area contributed by atoms with Crippen molar-refractivity contribution in [2.75, 3.05) is 6.54 Å². The maximum Gasteiger partial charge on any atom is 0.311 e. The molecule has 0 aliphatic heterocycles. The maximum atomic E-state index is 12.3. The Bertz CT molecular complexity index is 377. The van der Waals surface area contributed by atoms with E-state index in [1.54, 1.807) is 6.92 Å². The molecular weight excluding hydrogens is 256 g/mol. The van der Waals surface area contributed by atoms with Gasteiger partial charge in [-0.15, -0.1) is 0 Å². The molecule has 4 N–H and O–H groups in total. The van der Waals surface area contributed by atoms with Crippen molar-refractivity contribution in [1.82, 2.24) is 5.32 Å². The topological polar surface area (TPSA) is 92.4 Å². The lowest BCUT2D eigenvalue weighted by molar-refractivity contribution is -0.149. The molecule has 2 saturated carbocycles. The van der Waals surface area contributed by atoms with Gasteiger partial charge in [0.15, 0.2) is 0 Å². The summed E-state index contributed by atoms with van der Waals surface area (Å²) in [5, 5.41) is 12.4. The lowest BCUT2D eigenvalue weighted by Gasteiger charge is -2.31. The van der Waals surface area contributed by atoms with E-state index in [9.17, 15) is 14.7 Å². The van der Waals surface area contributed by atoms with Crippen molar-refractivity contribution in [2.45, 2.75) is 57.9 Å². The molecule has 5 heteroatoms. The molecule has 2 unspecified atom stereocenters. The quantitative estimate of drug-likeness (QED) is 0.728. The van der Waals surface area contributed by atoms with E-state index in [-0.39, 0.29) is 17.9 Å². The molecule has 2 rings (SSSR count). The van der Waals surface area contributed by atoms with E-state index in [0.29, 0.717) is 18.9 Å².